The largest absolute Gasteiger partial charge is 0.479 e. The Balaban J connectivity index is 4.95. The van der Waals surface area contributed by atoms with Crippen molar-refractivity contribution in [3.05, 3.63) is 0 Å². The van der Waals surface area contributed by atoms with E-state index in [0.29, 0.717) is 13.8 Å². The Morgan fingerprint density at radius 3 is 1.87 bits per heavy atom. The van der Waals surface area contributed by atoms with E-state index in [-0.39, 0.29) is 0 Å². The van der Waals surface area contributed by atoms with Gasteiger partial charge in [-0.1, -0.05) is 0 Å². The summed E-state index contributed by atoms with van der Waals surface area (Å²) >= 11 is 0. The minimum absolute atomic E-state index is 0.471. The van der Waals surface area contributed by atoms with Gasteiger partial charge in [-0.15, -0.1) is 0 Å². The van der Waals surface area contributed by atoms with E-state index in [1.807, 2.05) is 0 Å². The molecule has 3 N–H and O–H groups in total. The third kappa shape index (κ3) is 4.85. The van der Waals surface area contributed by atoms with Crippen LogP contribution in [0.4, 0.5) is 4.39 Å². The Bertz CT molecular complexity index is 360. The first-order valence-electron chi connectivity index (χ1n) is 3.29. The fourth-order valence-corrected chi connectivity index (χ4v) is 4.80. The van der Waals surface area contributed by atoms with E-state index >= 15 is 0 Å². The summed E-state index contributed by atoms with van der Waals surface area (Å²) in [6.07, 6.45) is 0. The summed E-state index contributed by atoms with van der Waals surface area (Å²) < 4.78 is 52.5. The fraction of sp³-hybridized carbons (Fsp3) is 1.00. The van der Waals surface area contributed by atoms with Crippen LogP contribution in [0.15, 0.2) is 0 Å². The summed E-state index contributed by atoms with van der Waals surface area (Å²) in [7, 11) is -14.2. The van der Waals surface area contributed by atoms with Crippen LogP contribution in [0.2, 0.25) is 0 Å². The highest BCUT2D eigenvalue weighted by Crippen LogP contribution is 2.70. The fourth-order valence-electron chi connectivity index (χ4n) is 0.491. The SMILES string of the molecule is COP(=O)(O)OP(=O)(O)C(F)P(C)(=O)O. The van der Waals surface area contributed by atoms with Crippen LogP contribution in [-0.4, -0.2) is 34.1 Å². The Kier molecular flexibility index (Phi) is 4.87. The van der Waals surface area contributed by atoms with Crippen LogP contribution in [0.5, 0.6) is 0 Å². The maximum absolute atomic E-state index is 12.9. The molecule has 0 aromatic rings. The monoisotopic (exact) mass is 286 g/mol. The van der Waals surface area contributed by atoms with Crippen LogP contribution >= 0.6 is 22.8 Å². The van der Waals surface area contributed by atoms with Gasteiger partial charge in [0.1, 0.15) is 0 Å². The molecule has 0 bridgehead atoms. The lowest BCUT2D eigenvalue weighted by molar-refractivity contribution is 0.222. The number of alkyl halides is 1. The normalized spacial score (nSPS) is 26.0. The molecule has 0 aliphatic rings. The van der Waals surface area contributed by atoms with Gasteiger partial charge in [-0.05, 0) is 0 Å². The second-order valence-electron chi connectivity index (χ2n) is 2.55. The van der Waals surface area contributed by atoms with Crippen molar-refractivity contribution in [2.24, 2.45) is 0 Å². The van der Waals surface area contributed by atoms with E-state index in [1.54, 1.807) is 0 Å². The van der Waals surface area contributed by atoms with Gasteiger partial charge in [0.25, 0.3) is 5.65 Å². The van der Waals surface area contributed by atoms with Gasteiger partial charge in [-0.2, -0.15) is 0 Å². The Labute approximate surface area is 84.6 Å². The molecule has 4 unspecified atom stereocenters. The van der Waals surface area contributed by atoms with E-state index in [2.05, 4.69) is 8.83 Å². The average molecular weight is 286 g/mol. The first kappa shape index (κ1) is 15.4. The van der Waals surface area contributed by atoms with Gasteiger partial charge in [-0.3, -0.25) is 13.7 Å². The van der Waals surface area contributed by atoms with Crippen LogP contribution in [0, 0.1) is 0 Å². The third-order valence-corrected chi connectivity index (χ3v) is 6.83. The van der Waals surface area contributed by atoms with Crippen molar-refractivity contribution in [3.8, 4) is 0 Å². The predicted molar refractivity (Wildman–Crippen MR) is 48.4 cm³/mol. The van der Waals surface area contributed by atoms with Crippen molar-refractivity contribution in [1.29, 1.82) is 0 Å². The minimum atomic E-state index is -5.36. The summed E-state index contributed by atoms with van der Waals surface area (Å²) in [4.78, 5) is 26.1. The minimum Gasteiger partial charge on any atom is -0.342 e. The molecule has 0 aromatic carbocycles. The lowest BCUT2D eigenvalue weighted by atomic mass is 11.8. The van der Waals surface area contributed by atoms with Crippen LogP contribution in [-0.2, 0) is 22.5 Å². The second-order valence-corrected chi connectivity index (χ2v) is 8.84. The standard InChI is InChI=1S/C3H10FO8P3/c1-11-15(9,10)12-14(7,8)3(4)13(2,5)6/h3H,1-2H3,(H,5,6)(H,7,8)(H,9,10). The van der Waals surface area contributed by atoms with Gasteiger partial charge < -0.3 is 14.7 Å². The van der Waals surface area contributed by atoms with Gasteiger partial charge in [0.15, 0.2) is 0 Å². The molecular weight excluding hydrogens is 276 g/mol. The Hall–Kier alpha value is 0.420. The molecule has 0 saturated carbocycles. The highest BCUT2D eigenvalue weighted by Gasteiger charge is 2.48. The van der Waals surface area contributed by atoms with E-state index in [9.17, 15) is 18.1 Å². The molecule has 0 saturated heterocycles. The van der Waals surface area contributed by atoms with Gasteiger partial charge >= 0.3 is 15.4 Å². The summed E-state index contributed by atoms with van der Waals surface area (Å²) in [6, 6.07) is 0. The molecule has 0 radical (unpaired) electrons. The van der Waals surface area contributed by atoms with Gasteiger partial charge in [0.2, 0.25) is 7.37 Å². The highest BCUT2D eigenvalue weighted by atomic mass is 31.3. The quantitative estimate of drug-likeness (QED) is 0.640. The lowest BCUT2D eigenvalue weighted by Crippen LogP contribution is -2.04. The molecular formula is C3H10FO8P3. The van der Waals surface area contributed by atoms with E-state index < -0.39 is 28.4 Å². The molecule has 0 amide bonds. The zero-order valence-electron chi connectivity index (χ0n) is 7.68. The topological polar surface area (TPSA) is 130 Å². The average Bonchev–Trinajstić information content (AvgIpc) is 1.99. The predicted octanol–water partition coefficient (Wildman–Crippen LogP) is 1.09. The van der Waals surface area contributed by atoms with Crippen molar-refractivity contribution < 1.29 is 41.6 Å². The Morgan fingerprint density at radius 1 is 1.20 bits per heavy atom. The number of hydrogen-bond donors (Lipinski definition) is 3. The summed E-state index contributed by atoms with van der Waals surface area (Å²) in [5, 5.41) is 0. The Morgan fingerprint density at radius 2 is 1.60 bits per heavy atom. The molecule has 0 aromatic heterocycles. The number of rotatable bonds is 5. The summed E-state index contributed by atoms with van der Waals surface area (Å²) in [5.41, 5.74) is -3.17. The number of hydrogen-bond acceptors (Lipinski definition) is 5. The van der Waals surface area contributed by atoms with Crippen LogP contribution in [0.3, 0.4) is 0 Å². The van der Waals surface area contributed by atoms with Crippen molar-refractivity contribution in [1.82, 2.24) is 0 Å². The van der Waals surface area contributed by atoms with Gasteiger partial charge in [0, 0.05) is 13.8 Å². The summed E-state index contributed by atoms with van der Waals surface area (Å²) in [5.74, 6) is 0. The van der Waals surface area contributed by atoms with Gasteiger partial charge in [0.05, 0.1) is 0 Å². The number of phosphoric ester groups is 1. The molecule has 0 aliphatic heterocycles. The highest BCUT2D eigenvalue weighted by molar-refractivity contribution is 7.76. The second kappa shape index (κ2) is 4.73. The molecule has 8 nitrogen and oxygen atoms in total. The zero-order valence-corrected chi connectivity index (χ0v) is 10.4. The van der Waals surface area contributed by atoms with Crippen molar-refractivity contribution in [3.63, 3.8) is 0 Å². The molecule has 0 fully saturated rings. The third-order valence-electron chi connectivity index (χ3n) is 1.12. The van der Waals surface area contributed by atoms with E-state index in [4.69, 9.17) is 14.7 Å². The van der Waals surface area contributed by atoms with Crippen molar-refractivity contribution in [2.75, 3.05) is 13.8 Å². The first-order valence-corrected chi connectivity index (χ1v) is 8.60. The van der Waals surface area contributed by atoms with E-state index in [1.165, 1.54) is 0 Å². The molecule has 0 rings (SSSR count). The number of halogens is 1. The van der Waals surface area contributed by atoms with Crippen molar-refractivity contribution >= 4 is 22.8 Å². The zero-order chi connectivity index (χ0) is 12.5. The maximum atomic E-state index is 12.9. The van der Waals surface area contributed by atoms with Gasteiger partial charge in [-0.25, -0.2) is 13.3 Å². The summed E-state index contributed by atoms with van der Waals surface area (Å²) in [6.45, 7) is 0.471. The van der Waals surface area contributed by atoms with E-state index in [0.717, 1.165) is 0 Å². The van der Waals surface area contributed by atoms with Crippen LogP contribution < -0.4 is 0 Å². The number of phosphoric acid groups is 1. The smallest absolute Gasteiger partial charge is 0.342 e. The molecule has 0 heterocycles. The first-order chi connectivity index (χ1) is 6.42. The molecule has 0 spiro atoms. The van der Waals surface area contributed by atoms with Crippen molar-refractivity contribution in [2.45, 2.75) is 5.65 Å². The molecule has 15 heavy (non-hydrogen) atoms. The molecule has 92 valence electrons. The molecule has 0 aliphatic carbocycles. The van der Waals surface area contributed by atoms with Crippen LogP contribution in [0.1, 0.15) is 0 Å². The lowest BCUT2D eigenvalue weighted by Gasteiger charge is -2.19. The molecule has 12 heteroatoms. The van der Waals surface area contributed by atoms with Crippen LogP contribution in [0.25, 0.3) is 0 Å². The molecule has 4 atom stereocenters. The maximum Gasteiger partial charge on any atom is 0.479 e.